The van der Waals surface area contributed by atoms with E-state index in [1.54, 1.807) is 11.1 Å². The number of nitro groups is 1. The summed E-state index contributed by atoms with van der Waals surface area (Å²) in [5, 5.41) is 15.8. The molecule has 0 aliphatic carbocycles. The Balaban J connectivity index is 1.82. The topological polar surface area (TPSA) is 80.0 Å². The maximum absolute atomic E-state index is 10.8. The van der Waals surface area contributed by atoms with Crippen LogP contribution in [0.1, 0.15) is 31.7 Å². The number of hydrogen-bond donors (Lipinski definition) is 1. The number of hydrogen-bond acceptors (Lipinski definition) is 6. The van der Waals surface area contributed by atoms with Crippen molar-refractivity contribution in [2.24, 2.45) is 4.99 Å². The van der Waals surface area contributed by atoms with Gasteiger partial charge < -0.3 is 5.32 Å². The molecule has 0 amide bonds. The molecule has 1 aromatic rings. The van der Waals surface area contributed by atoms with Crippen LogP contribution in [-0.2, 0) is 11.4 Å². The summed E-state index contributed by atoms with van der Waals surface area (Å²) in [7, 11) is 0. The maximum Gasteiger partial charge on any atom is 0.269 e. The summed E-state index contributed by atoms with van der Waals surface area (Å²) in [4.78, 5) is 20.4. The Hall–Kier alpha value is -2.15. The highest BCUT2D eigenvalue weighted by atomic mass is 16.7. The summed E-state index contributed by atoms with van der Waals surface area (Å²) in [6, 6.07) is 6.48. The molecule has 0 saturated heterocycles. The van der Waals surface area contributed by atoms with E-state index in [2.05, 4.69) is 17.2 Å². The van der Waals surface area contributed by atoms with Gasteiger partial charge in [-0.05, 0) is 12.0 Å². The predicted molar refractivity (Wildman–Crippen MR) is 84.4 cm³/mol. The van der Waals surface area contributed by atoms with Gasteiger partial charge in [-0.1, -0.05) is 31.9 Å². The van der Waals surface area contributed by atoms with Gasteiger partial charge in [0.05, 0.1) is 18.0 Å². The quantitative estimate of drug-likeness (QED) is 0.453. The van der Waals surface area contributed by atoms with E-state index >= 15 is 0 Å². The largest absolute Gasteiger partial charge is 0.354 e. The zero-order chi connectivity index (χ0) is 15.8. The van der Waals surface area contributed by atoms with Gasteiger partial charge in [0.25, 0.3) is 5.69 Å². The minimum Gasteiger partial charge on any atom is -0.354 e. The minimum absolute atomic E-state index is 0.0779. The number of nitro benzene ring substituents is 1. The molecule has 0 saturated carbocycles. The first kappa shape index (κ1) is 16.2. The summed E-state index contributed by atoms with van der Waals surface area (Å²) in [6.45, 7) is 4.73. The molecule has 0 atom stereocenters. The summed E-state index contributed by atoms with van der Waals surface area (Å²) in [6.07, 6.45) is 3.48. The Kier molecular flexibility index (Phi) is 6.14. The fourth-order valence-corrected chi connectivity index (χ4v) is 2.19. The number of unbranched alkanes of at least 4 members (excludes halogenated alkanes) is 2. The fraction of sp³-hybridized carbons (Fsp3) is 0.533. The van der Waals surface area contributed by atoms with Crippen LogP contribution in [0, 0.1) is 10.1 Å². The highest BCUT2D eigenvalue weighted by molar-refractivity contribution is 5.80. The lowest BCUT2D eigenvalue weighted by atomic mass is 10.2. The summed E-state index contributed by atoms with van der Waals surface area (Å²) in [5.41, 5.74) is 0.848. The number of rotatable bonds is 8. The molecule has 1 N–H and O–H groups in total. The second-order valence-electron chi connectivity index (χ2n) is 5.14. The van der Waals surface area contributed by atoms with Gasteiger partial charge in [-0.3, -0.25) is 15.0 Å². The van der Waals surface area contributed by atoms with Gasteiger partial charge >= 0.3 is 0 Å². The highest BCUT2D eigenvalue weighted by Gasteiger charge is 2.17. The Morgan fingerprint density at radius 3 is 3.09 bits per heavy atom. The van der Waals surface area contributed by atoms with E-state index in [9.17, 15) is 10.1 Å². The molecule has 1 aliphatic heterocycles. The molecule has 0 fully saturated rings. The Bertz CT molecular complexity index is 533. The molecule has 2 rings (SSSR count). The van der Waals surface area contributed by atoms with Crippen molar-refractivity contribution in [2.45, 2.75) is 32.8 Å². The third-order valence-electron chi connectivity index (χ3n) is 3.37. The number of aliphatic imine (C=N–C) groups is 1. The minimum atomic E-state index is -0.401. The lowest BCUT2D eigenvalue weighted by molar-refractivity contribution is -0.385. The first-order valence-corrected chi connectivity index (χ1v) is 7.63. The molecule has 7 heteroatoms. The van der Waals surface area contributed by atoms with Crippen LogP contribution in [0.3, 0.4) is 0 Å². The van der Waals surface area contributed by atoms with E-state index in [1.165, 1.54) is 25.0 Å². The first-order chi connectivity index (χ1) is 10.7. The number of non-ortho nitro benzene ring substituents is 1. The summed E-state index contributed by atoms with van der Waals surface area (Å²) in [5.74, 6) is 0.751. The van der Waals surface area contributed by atoms with E-state index < -0.39 is 4.92 Å². The van der Waals surface area contributed by atoms with E-state index in [1.807, 2.05) is 6.07 Å². The van der Waals surface area contributed by atoms with Gasteiger partial charge in [0.1, 0.15) is 6.61 Å². The number of guanidine groups is 1. The molecule has 1 aromatic carbocycles. The Morgan fingerprint density at radius 1 is 1.45 bits per heavy atom. The molecule has 0 aromatic heterocycles. The number of benzene rings is 1. The standard InChI is InChI=1S/C15H22N4O3/c1-2-3-4-8-16-15-17-9-10-18(15)22-12-13-6-5-7-14(11-13)19(20)21/h5-7,11H,2-4,8-10,12H2,1H3,(H,16,17). The van der Waals surface area contributed by atoms with Crippen molar-refractivity contribution in [2.75, 3.05) is 19.6 Å². The van der Waals surface area contributed by atoms with Crippen molar-refractivity contribution in [1.29, 1.82) is 0 Å². The van der Waals surface area contributed by atoms with Gasteiger partial charge in [-0.15, -0.1) is 0 Å². The number of nitrogens with one attached hydrogen (secondary N) is 1. The lowest BCUT2D eigenvalue weighted by Crippen LogP contribution is -2.38. The van der Waals surface area contributed by atoms with Crippen LogP contribution in [0.25, 0.3) is 0 Å². The zero-order valence-corrected chi connectivity index (χ0v) is 12.8. The van der Waals surface area contributed by atoms with Crippen molar-refractivity contribution in [3.8, 4) is 0 Å². The van der Waals surface area contributed by atoms with Crippen molar-refractivity contribution >= 4 is 11.6 Å². The Morgan fingerprint density at radius 2 is 2.32 bits per heavy atom. The van der Waals surface area contributed by atoms with Crippen LogP contribution in [0.5, 0.6) is 0 Å². The van der Waals surface area contributed by atoms with Gasteiger partial charge in [0, 0.05) is 18.7 Å². The molecule has 22 heavy (non-hydrogen) atoms. The van der Waals surface area contributed by atoms with E-state index in [4.69, 9.17) is 4.84 Å². The predicted octanol–water partition coefficient (Wildman–Crippen LogP) is 2.48. The monoisotopic (exact) mass is 306 g/mol. The SMILES string of the molecule is CCCCCNC1=NCCN1OCc1cccc([N+](=O)[O-])c1. The lowest BCUT2D eigenvalue weighted by Gasteiger charge is -2.20. The molecule has 0 radical (unpaired) electrons. The van der Waals surface area contributed by atoms with Crippen molar-refractivity contribution < 1.29 is 9.76 Å². The van der Waals surface area contributed by atoms with Gasteiger partial charge in [-0.2, -0.15) is 0 Å². The normalized spacial score (nSPS) is 14.0. The fourth-order valence-electron chi connectivity index (χ4n) is 2.19. The maximum atomic E-state index is 10.8. The number of nitrogens with zero attached hydrogens (tertiary/aromatic N) is 3. The average Bonchev–Trinajstić information content (AvgIpc) is 2.97. The zero-order valence-electron chi connectivity index (χ0n) is 12.8. The third-order valence-corrected chi connectivity index (χ3v) is 3.37. The molecular weight excluding hydrogens is 284 g/mol. The second-order valence-corrected chi connectivity index (χ2v) is 5.14. The van der Waals surface area contributed by atoms with Crippen LogP contribution >= 0.6 is 0 Å². The molecule has 0 unspecified atom stereocenters. The molecule has 1 heterocycles. The summed E-state index contributed by atoms with van der Waals surface area (Å²) < 4.78 is 0. The summed E-state index contributed by atoms with van der Waals surface area (Å²) >= 11 is 0. The van der Waals surface area contributed by atoms with Crippen molar-refractivity contribution in [3.63, 3.8) is 0 Å². The van der Waals surface area contributed by atoms with Crippen molar-refractivity contribution in [1.82, 2.24) is 10.4 Å². The average molecular weight is 306 g/mol. The molecule has 1 aliphatic rings. The molecule has 0 bridgehead atoms. The van der Waals surface area contributed by atoms with Crippen LogP contribution in [-0.4, -0.2) is 35.6 Å². The van der Waals surface area contributed by atoms with Crippen LogP contribution in [0.2, 0.25) is 0 Å². The smallest absolute Gasteiger partial charge is 0.269 e. The van der Waals surface area contributed by atoms with E-state index in [0.717, 1.165) is 24.5 Å². The third kappa shape index (κ3) is 4.70. The van der Waals surface area contributed by atoms with Crippen LogP contribution in [0.4, 0.5) is 5.69 Å². The molecule has 7 nitrogen and oxygen atoms in total. The number of hydroxylamine groups is 2. The molecule has 120 valence electrons. The molecular formula is C15H22N4O3. The van der Waals surface area contributed by atoms with Gasteiger partial charge in [0.15, 0.2) is 0 Å². The highest BCUT2D eigenvalue weighted by Crippen LogP contribution is 2.14. The molecule has 0 spiro atoms. The van der Waals surface area contributed by atoms with Gasteiger partial charge in [-0.25, -0.2) is 10.1 Å². The van der Waals surface area contributed by atoms with E-state index in [-0.39, 0.29) is 12.3 Å². The first-order valence-electron chi connectivity index (χ1n) is 7.63. The van der Waals surface area contributed by atoms with Gasteiger partial charge in [0.2, 0.25) is 5.96 Å². The van der Waals surface area contributed by atoms with Crippen molar-refractivity contribution in [3.05, 3.63) is 39.9 Å². The second kappa shape index (κ2) is 8.33. The van der Waals surface area contributed by atoms with E-state index in [0.29, 0.717) is 13.1 Å². The van der Waals surface area contributed by atoms with Crippen LogP contribution in [0.15, 0.2) is 29.3 Å². The van der Waals surface area contributed by atoms with Crippen LogP contribution < -0.4 is 5.32 Å². The Labute approximate surface area is 130 Å².